The van der Waals surface area contributed by atoms with Gasteiger partial charge in [-0.1, -0.05) is 29.8 Å². The number of rotatable bonds is 3. The Hall–Kier alpha value is -2.08. The Bertz CT molecular complexity index is 641. The van der Waals surface area contributed by atoms with Crippen molar-refractivity contribution in [3.63, 3.8) is 0 Å². The van der Waals surface area contributed by atoms with Crippen LogP contribution in [0.2, 0.25) is 5.15 Å². The van der Waals surface area contributed by atoms with Crippen molar-refractivity contribution in [2.45, 2.75) is 12.7 Å². The molecule has 0 bridgehead atoms. The molecule has 0 aliphatic carbocycles. The first-order chi connectivity index (χ1) is 9.88. The molecule has 3 nitrogen and oxygen atoms in total. The second-order valence-electron chi connectivity index (χ2n) is 4.22. The van der Waals surface area contributed by atoms with Gasteiger partial charge < -0.3 is 5.32 Å². The summed E-state index contributed by atoms with van der Waals surface area (Å²) in [5, 5.41) is 2.72. The van der Waals surface area contributed by atoms with Crippen LogP contribution >= 0.6 is 11.6 Å². The lowest BCUT2D eigenvalue weighted by Gasteiger charge is -2.12. The first kappa shape index (κ1) is 15.3. The molecule has 2 aromatic rings. The van der Waals surface area contributed by atoms with Crippen molar-refractivity contribution < 1.29 is 18.0 Å². The van der Waals surface area contributed by atoms with Crippen LogP contribution in [0.1, 0.15) is 21.5 Å². The molecule has 0 radical (unpaired) electrons. The number of pyridine rings is 1. The predicted octanol–water partition coefficient (Wildman–Crippen LogP) is 3.68. The second-order valence-corrected chi connectivity index (χ2v) is 4.60. The fourth-order valence-electron chi connectivity index (χ4n) is 1.72. The molecule has 0 aliphatic rings. The van der Waals surface area contributed by atoms with Gasteiger partial charge in [-0.2, -0.15) is 13.2 Å². The van der Waals surface area contributed by atoms with Crippen molar-refractivity contribution in [2.75, 3.05) is 0 Å². The Morgan fingerprint density at radius 1 is 1.19 bits per heavy atom. The van der Waals surface area contributed by atoms with E-state index < -0.39 is 23.2 Å². The third-order valence-electron chi connectivity index (χ3n) is 2.72. The van der Waals surface area contributed by atoms with Crippen molar-refractivity contribution in [1.29, 1.82) is 0 Å². The molecule has 1 amide bonds. The molecule has 0 aliphatic heterocycles. The Balaban J connectivity index is 2.12. The Labute approximate surface area is 123 Å². The monoisotopic (exact) mass is 314 g/mol. The van der Waals surface area contributed by atoms with Crippen LogP contribution in [0.15, 0.2) is 42.6 Å². The number of amides is 1. The van der Waals surface area contributed by atoms with Crippen LogP contribution in [0.3, 0.4) is 0 Å². The molecule has 2 rings (SSSR count). The number of halogens is 4. The summed E-state index contributed by atoms with van der Waals surface area (Å²) >= 11 is 5.62. The van der Waals surface area contributed by atoms with E-state index in [0.717, 1.165) is 12.1 Å². The quantitative estimate of drug-likeness (QED) is 0.878. The minimum Gasteiger partial charge on any atom is -0.348 e. The van der Waals surface area contributed by atoms with Crippen LogP contribution < -0.4 is 5.32 Å². The molecule has 0 fully saturated rings. The van der Waals surface area contributed by atoms with Gasteiger partial charge in [0.1, 0.15) is 5.15 Å². The molecule has 110 valence electrons. The first-order valence-electron chi connectivity index (χ1n) is 5.93. The highest BCUT2D eigenvalue weighted by Gasteiger charge is 2.34. The average molecular weight is 315 g/mol. The number of nitrogens with zero attached hydrogens (tertiary/aromatic N) is 1. The fraction of sp³-hybridized carbons (Fsp3) is 0.143. The lowest BCUT2D eigenvalue weighted by molar-refractivity contribution is -0.137. The van der Waals surface area contributed by atoms with E-state index in [1.807, 2.05) is 0 Å². The van der Waals surface area contributed by atoms with Gasteiger partial charge in [0.05, 0.1) is 11.1 Å². The standard InChI is InChI=1S/C14H10ClF3N2O/c15-12-6-5-9(7-19-12)8-20-13(21)10-3-1-2-4-11(10)14(16,17)18/h1-7H,8H2,(H,20,21). The Morgan fingerprint density at radius 3 is 2.52 bits per heavy atom. The van der Waals surface area contributed by atoms with Crippen LogP contribution in [0.25, 0.3) is 0 Å². The largest absolute Gasteiger partial charge is 0.417 e. The van der Waals surface area contributed by atoms with E-state index in [-0.39, 0.29) is 6.54 Å². The van der Waals surface area contributed by atoms with Crippen LogP contribution in [0.4, 0.5) is 13.2 Å². The molecule has 1 heterocycles. The number of hydrogen-bond acceptors (Lipinski definition) is 2. The predicted molar refractivity (Wildman–Crippen MR) is 71.9 cm³/mol. The van der Waals surface area contributed by atoms with E-state index in [0.29, 0.717) is 10.7 Å². The Morgan fingerprint density at radius 2 is 1.90 bits per heavy atom. The summed E-state index contributed by atoms with van der Waals surface area (Å²) in [7, 11) is 0. The maximum atomic E-state index is 12.8. The SMILES string of the molecule is O=C(NCc1ccc(Cl)nc1)c1ccccc1C(F)(F)F. The molecule has 0 unspecified atom stereocenters. The summed E-state index contributed by atoms with van der Waals surface area (Å²) in [5.41, 5.74) is -0.735. The van der Waals surface area contributed by atoms with Gasteiger partial charge in [-0.15, -0.1) is 0 Å². The van der Waals surface area contributed by atoms with Gasteiger partial charge >= 0.3 is 6.18 Å². The normalized spacial score (nSPS) is 11.2. The highest BCUT2D eigenvalue weighted by atomic mass is 35.5. The smallest absolute Gasteiger partial charge is 0.348 e. The number of benzene rings is 1. The van der Waals surface area contributed by atoms with E-state index in [9.17, 15) is 18.0 Å². The minimum absolute atomic E-state index is 0.0647. The van der Waals surface area contributed by atoms with Crippen LogP contribution in [0, 0.1) is 0 Å². The molecule has 1 N–H and O–H groups in total. The van der Waals surface area contributed by atoms with Crippen molar-refractivity contribution in [3.8, 4) is 0 Å². The highest BCUT2D eigenvalue weighted by molar-refractivity contribution is 6.29. The third-order valence-corrected chi connectivity index (χ3v) is 2.94. The van der Waals surface area contributed by atoms with Crippen LogP contribution in [0.5, 0.6) is 0 Å². The summed E-state index contributed by atoms with van der Waals surface area (Å²) in [6, 6.07) is 7.80. The summed E-state index contributed by atoms with van der Waals surface area (Å²) in [6.07, 6.45) is -3.13. The zero-order valence-corrected chi connectivity index (χ0v) is 11.4. The maximum Gasteiger partial charge on any atom is 0.417 e. The van der Waals surface area contributed by atoms with Gasteiger partial charge in [0.15, 0.2) is 0 Å². The fourth-order valence-corrected chi connectivity index (χ4v) is 1.83. The first-order valence-corrected chi connectivity index (χ1v) is 6.30. The van der Waals surface area contributed by atoms with Crippen molar-refractivity contribution in [1.82, 2.24) is 10.3 Å². The lowest BCUT2D eigenvalue weighted by Crippen LogP contribution is -2.25. The van der Waals surface area contributed by atoms with Crippen molar-refractivity contribution in [2.24, 2.45) is 0 Å². The molecule has 0 atom stereocenters. The van der Waals surface area contributed by atoms with E-state index in [2.05, 4.69) is 10.3 Å². The second kappa shape index (κ2) is 6.13. The van der Waals surface area contributed by atoms with Gasteiger partial charge in [0.2, 0.25) is 0 Å². The van der Waals surface area contributed by atoms with Crippen LogP contribution in [-0.2, 0) is 12.7 Å². The van der Waals surface area contributed by atoms with Crippen LogP contribution in [-0.4, -0.2) is 10.9 Å². The van der Waals surface area contributed by atoms with Gasteiger partial charge in [-0.25, -0.2) is 4.98 Å². The van der Waals surface area contributed by atoms with Gasteiger partial charge in [-0.05, 0) is 23.8 Å². The van der Waals surface area contributed by atoms with E-state index >= 15 is 0 Å². The number of nitrogens with one attached hydrogen (secondary N) is 1. The number of aromatic nitrogens is 1. The summed E-state index contributed by atoms with van der Waals surface area (Å²) < 4.78 is 38.4. The molecule has 7 heteroatoms. The molecule has 0 spiro atoms. The van der Waals surface area contributed by atoms with Gasteiger partial charge in [0, 0.05) is 12.7 Å². The molecule has 0 saturated carbocycles. The maximum absolute atomic E-state index is 12.8. The lowest BCUT2D eigenvalue weighted by atomic mass is 10.1. The number of hydrogen-bond donors (Lipinski definition) is 1. The average Bonchev–Trinajstić information content (AvgIpc) is 2.45. The van der Waals surface area contributed by atoms with E-state index in [1.165, 1.54) is 24.4 Å². The zero-order valence-electron chi connectivity index (χ0n) is 10.6. The summed E-state index contributed by atoms with van der Waals surface area (Å²) in [5.74, 6) is -0.794. The molecule has 21 heavy (non-hydrogen) atoms. The topological polar surface area (TPSA) is 42.0 Å². The molecular formula is C14H10ClF3N2O. The van der Waals surface area contributed by atoms with Crippen molar-refractivity contribution in [3.05, 3.63) is 64.4 Å². The molecule has 1 aromatic carbocycles. The molecule has 1 aromatic heterocycles. The number of carbonyl (C=O) groups excluding carboxylic acids is 1. The Kier molecular flexibility index (Phi) is 4.47. The zero-order chi connectivity index (χ0) is 15.5. The highest BCUT2D eigenvalue weighted by Crippen LogP contribution is 2.31. The number of carbonyl (C=O) groups is 1. The summed E-state index contributed by atoms with van der Waals surface area (Å²) in [4.78, 5) is 15.7. The third kappa shape index (κ3) is 3.95. The minimum atomic E-state index is -4.57. The molecular weight excluding hydrogens is 305 g/mol. The van der Waals surface area contributed by atoms with E-state index in [1.54, 1.807) is 6.07 Å². The number of alkyl halides is 3. The van der Waals surface area contributed by atoms with Crippen molar-refractivity contribution >= 4 is 17.5 Å². The summed E-state index contributed by atoms with van der Waals surface area (Å²) in [6.45, 7) is 0.0647. The van der Waals surface area contributed by atoms with Gasteiger partial charge in [0.25, 0.3) is 5.91 Å². The molecule has 0 saturated heterocycles. The van der Waals surface area contributed by atoms with Gasteiger partial charge in [-0.3, -0.25) is 4.79 Å². The van der Waals surface area contributed by atoms with E-state index in [4.69, 9.17) is 11.6 Å².